The summed E-state index contributed by atoms with van der Waals surface area (Å²) in [6.45, 7) is 4.55. The van der Waals surface area contributed by atoms with E-state index < -0.39 is 247 Å². The number of aliphatic hydroxyl groups is 16. The van der Waals surface area contributed by atoms with Crippen LogP contribution in [0.15, 0.2) is 29.2 Å². The van der Waals surface area contributed by atoms with Crippen molar-refractivity contribution in [1.82, 2.24) is 0 Å². The highest BCUT2D eigenvalue weighted by Crippen LogP contribution is 2.43. The standard InChI is InChI=1S/C49H80O32SSi/c1-17-7-9-18(10-8-17)82(66,67)68-16-24-41-35(65)42(81-83(5,6)49(2,3)4)48(74-24)80-40-23(15-54)73-46(34(64)29(40)59)78-38-21(13-52)71-44(32(62)27(38)57)76-36-19(11-50)69-43(30(60)25(36)55)75-37-20(12-51)70-45(31(61)26(37)56)77-39-22(14-53)72-47(79-41)33(63)28(39)58/h7-10,19-48,50-65H,11-16H2,1-6H3/t19-,20-,21-,22-,23-,24-,25-,26-,27-,28-,29-,30-,31-,32-,33-,34-,35+,36-,37-,38-,39-,40-,41-,42-,43-,44-,45-,46-,47-,48-/m1/s1. The predicted octanol–water partition coefficient (Wildman–Crippen LogP) is -8.30. The van der Waals surface area contributed by atoms with Crippen LogP contribution in [0.4, 0.5) is 0 Å². The number of ether oxygens (including phenoxy) is 12. The van der Waals surface area contributed by atoms with Crippen LogP contribution in [0.3, 0.4) is 0 Å². The topological polar surface area (TPSA) is 487 Å². The molecule has 0 spiro atoms. The molecule has 22 aliphatic heterocycles. The molecular weight excluding hydrogens is 1160 g/mol. The summed E-state index contributed by atoms with van der Waals surface area (Å²) in [5, 5.41) is 180. The zero-order chi connectivity index (χ0) is 60.9. The van der Waals surface area contributed by atoms with Crippen LogP contribution in [-0.4, -0.2) is 322 Å². The van der Waals surface area contributed by atoms with Crippen LogP contribution in [0.5, 0.6) is 0 Å². The molecule has 0 aliphatic carbocycles. The molecule has 12 bridgehead atoms. The fourth-order valence-corrected chi connectivity index (χ4v) is 12.7. The molecule has 22 aliphatic rings. The van der Waals surface area contributed by atoms with E-state index in [1.165, 1.54) is 24.3 Å². The third kappa shape index (κ3) is 13.8. The average molecular weight is 1240 g/mol. The minimum absolute atomic E-state index is 0.313. The molecule has 30 atom stereocenters. The second-order valence-electron chi connectivity index (χ2n) is 23.1. The summed E-state index contributed by atoms with van der Waals surface area (Å²) in [6, 6.07) is 5.49. The number of aryl methyl sites for hydroxylation is 1. The fourth-order valence-electron chi connectivity index (χ4n) is 10.5. The SMILES string of the molecule is Cc1ccc(S(=O)(=O)OC[C@H]2O[C@@H]3O[C@H]4[C@H](O)[C@@H](O)[C@@H](O[C@H]5[C@H](O)[C@@H](O)[C@@H](O[C@H]6[C@H](O)[C@@H](O)[C@@H](O[C@H]7[C@H](O)[C@@H](O)[C@@H](O[C@H]8[C@H](O)[C@@H](O)[C@@H](O[C@H]2[C@H](O)[C@H]3O[Si](C)(C)C(C)(C)C)O[C@@H]8CO)O[C@@H]7CO)O[C@@H]6CO)O[C@@H]5CO)O[C@@H]4CO)cc1. The van der Waals surface area contributed by atoms with Gasteiger partial charge in [-0.3, -0.25) is 4.18 Å². The van der Waals surface area contributed by atoms with Gasteiger partial charge in [0.25, 0.3) is 10.1 Å². The largest absolute Gasteiger partial charge is 0.406 e. The van der Waals surface area contributed by atoms with Gasteiger partial charge in [-0.25, -0.2) is 0 Å². The predicted molar refractivity (Wildman–Crippen MR) is 269 cm³/mol. The Balaban J connectivity index is 1.18. The van der Waals surface area contributed by atoms with E-state index in [4.69, 9.17) is 65.5 Å². The summed E-state index contributed by atoms with van der Waals surface area (Å²) in [6.07, 6.45) is -59.6. The minimum Gasteiger partial charge on any atom is -0.406 e. The van der Waals surface area contributed by atoms with E-state index in [1.54, 1.807) is 20.0 Å². The lowest BCUT2D eigenvalue weighted by Crippen LogP contribution is -2.69. The monoisotopic (exact) mass is 1240 g/mol. The molecule has 83 heavy (non-hydrogen) atoms. The summed E-state index contributed by atoms with van der Waals surface area (Å²) in [5.41, 5.74) is 0.698. The maximum Gasteiger partial charge on any atom is 0.297 e. The molecule has 22 fully saturated rings. The van der Waals surface area contributed by atoms with Crippen molar-refractivity contribution >= 4 is 18.4 Å². The Labute approximate surface area is 477 Å². The van der Waals surface area contributed by atoms with Gasteiger partial charge in [0, 0.05) is 0 Å². The Morgan fingerprint density at radius 2 is 0.675 bits per heavy atom. The third-order valence-electron chi connectivity index (χ3n) is 16.4. The summed E-state index contributed by atoms with van der Waals surface area (Å²) >= 11 is 0. The molecule has 1 aromatic rings. The van der Waals surface area contributed by atoms with E-state index in [9.17, 15) is 90.1 Å². The summed E-state index contributed by atoms with van der Waals surface area (Å²) in [5.74, 6) is 0. The number of hydrogen-bond acceptors (Lipinski definition) is 32. The van der Waals surface area contributed by atoms with Crippen LogP contribution in [0.1, 0.15) is 26.3 Å². The van der Waals surface area contributed by atoms with Gasteiger partial charge in [0.2, 0.25) is 0 Å². The highest BCUT2D eigenvalue weighted by atomic mass is 32.2. The number of hydrogen-bond donors (Lipinski definition) is 16. The molecule has 16 N–H and O–H groups in total. The van der Waals surface area contributed by atoms with Crippen molar-refractivity contribution in [3.63, 3.8) is 0 Å². The van der Waals surface area contributed by atoms with Crippen molar-refractivity contribution in [2.75, 3.05) is 39.6 Å². The van der Waals surface area contributed by atoms with Crippen molar-refractivity contribution in [1.29, 1.82) is 0 Å². The van der Waals surface area contributed by atoms with E-state index in [1.807, 2.05) is 20.8 Å². The van der Waals surface area contributed by atoms with Crippen molar-refractivity contribution < 1.29 is 156 Å². The molecule has 0 unspecified atom stereocenters. The van der Waals surface area contributed by atoms with Crippen LogP contribution >= 0.6 is 0 Å². The van der Waals surface area contributed by atoms with E-state index >= 15 is 0 Å². The van der Waals surface area contributed by atoms with Gasteiger partial charge in [-0.15, -0.1) is 0 Å². The van der Waals surface area contributed by atoms with Gasteiger partial charge in [0.1, 0.15) is 146 Å². The second-order valence-corrected chi connectivity index (χ2v) is 29.4. The number of rotatable bonds is 11. The molecule has 0 radical (unpaired) electrons. The van der Waals surface area contributed by atoms with Crippen LogP contribution in [-0.2, 0) is 75.6 Å². The number of benzene rings is 1. The van der Waals surface area contributed by atoms with Crippen LogP contribution in [0.25, 0.3) is 0 Å². The van der Waals surface area contributed by atoms with Gasteiger partial charge < -0.3 is 143 Å². The molecule has 0 saturated carbocycles. The van der Waals surface area contributed by atoms with E-state index in [0.29, 0.717) is 5.56 Å². The van der Waals surface area contributed by atoms with Gasteiger partial charge in [0.05, 0.1) is 44.5 Å². The fraction of sp³-hybridized carbons (Fsp3) is 0.878. The van der Waals surface area contributed by atoms with Gasteiger partial charge >= 0.3 is 0 Å². The number of aliphatic hydroxyl groups excluding tert-OH is 16. The van der Waals surface area contributed by atoms with Crippen molar-refractivity contribution in [3.8, 4) is 0 Å². The average Bonchev–Trinajstić information content (AvgIpc) is 2.49. The normalized spacial score (nSPS) is 47.1. The van der Waals surface area contributed by atoms with Crippen molar-refractivity contribution in [3.05, 3.63) is 29.8 Å². The van der Waals surface area contributed by atoms with Crippen LogP contribution < -0.4 is 0 Å². The van der Waals surface area contributed by atoms with Gasteiger partial charge in [-0.1, -0.05) is 38.5 Å². The smallest absolute Gasteiger partial charge is 0.297 e. The van der Waals surface area contributed by atoms with E-state index in [0.717, 1.165) is 0 Å². The Bertz CT molecular complexity index is 2330. The van der Waals surface area contributed by atoms with Crippen LogP contribution in [0.2, 0.25) is 18.1 Å². The maximum absolute atomic E-state index is 13.7. The molecule has 1 aromatic carbocycles. The lowest BCUT2D eigenvalue weighted by atomic mass is 9.94. The molecule has 0 aromatic heterocycles. The first kappa shape index (κ1) is 67.1. The lowest BCUT2D eigenvalue weighted by molar-refractivity contribution is -0.403. The molecule has 32 nitrogen and oxygen atoms in total. The van der Waals surface area contributed by atoms with Gasteiger partial charge in [-0.2, -0.15) is 8.42 Å². The first-order valence-corrected chi connectivity index (χ1v) is 31.3. The van der Waals surface area contributed by atoms with Gasteiger partial charge in [-0.05, 0) is 37.2 Å². The summed E-state index contributed by atoms with van der Waals surface area (Å²) in [4.78, 5) is -0.313. The second kappa shape index (κ2) is 27.1. The molecule has 0 amide bonds. The molecule has 22 saturated heterocycles. The minimum atomic E-state index is -4.67. The Kier molecular flexibility index (Phi) is 21.9. The summed E-state index contributed by atoms with van der Waals surface area (Å²) < 4.78 is 111. The Hall–Kier alpha value is -1.81. The zero-order valence-electron chi connectivity index (χ0n) is 46.0. The zero-order valence-corrected chi connectivity index (χ0v) is 47.8. The van der Waals surface area contributed by atoms with Crippen LogP contribution in [0, 0.1) is 6.92 Å². The quantitative estimate of drug-likeness (QED) is 0.0723. The van der Waals surface area contributed by atoms with Gasteiger partial charge in [0.15, 0.2) is 46.1 Å². The highest BCUT2D eigenvalue weighted by Gasteiger charge is 2.60. The molecular formula is C49H80O32SSi. The summed E-state index contributed by atoms with van der Waals surface area (Å²) in [7, 11) is -7.84. The Morgan fingerprint density at radius 1 is 0.410 bits per heavy atom. The molecule has 34 heteroatoms. The molecule has 478 valence electrons. The maximum atomic E-state index is 13.7. The van der Waals surface area contributed by atoms with Crippen molar-refractivity contribution in [2.24, 2.45) is 0 Å². The lowest BCUT2D eigenvalue weighted by Gasteiger charge is -2.52. The molecule has 23 rings (SSSR count). The molecule has 22 heterocycles. The van der Waals surface area contributed by atoms with Crippen molar-refractivity contribution in [2.45, 2.75) is 235 Å². The Morgan fingerprint density at radius 3 is 0.952 bits per heavy atom. The first-order chi connectivity index (χ1) is 39.0. The van der Waals surface area contributed by atoms with E-state index in [2.05, 4.69) is 0 Å². The third-order valence-corrected chi connectivity index (χ3v) is 22.2. The highest BCUT2D eigenvalue weighted by molar-refractivity contribution is 7.86. The first-order valence-electron chi connectivity index (χ1n) is 27.0. The van der Waals surface area contributed by atoms with E-state index in [-0.39, 0.29) is 4.90 Å².